The molecule has 5 heteroatoms. The van der Waals surface area contributed by atoms with Gasteiger partial charge in [-0.25, -0.2) is 0 Å². The van der Waals surface area contributed by atoms with Crippen molar-refractivity contribution in [2.75, 3.05) is 4.90 Å². The van der Waals surface area contributed by atoms with Crippen LogP contribution in [0.4, 0.5) is 16.4 Å². The number of para-hydroxylation sites is 1. The molecule has 0 radical (unpaired) electrons. The van der Waals surface area contributed by atoms with Crippen LogP contribution < -0.4 is 25.6 Å². The van der Waals surface area contributed by atoms with Crippen LogP contribution in [-0.2, 0) is 10.8 Å². The van der Waals surface area contributed by atoms with Crippen LogP contribution in [-0.4, -0.2) is 16.1 Å². The van der Waals surface area contributed by atoms with Gasteiger partial charge in [-0.3, -0.25) is 0 Å². The van der Waals surface area contributed by atoms with E-state index in [1.54, 1.807) is 0 Å². The highest BCUT2D eigenvalue weighted by molar-refractivity contribution is 7.17. The summed E-state index contributed by atoms with van der Waals surface area (Å²) in [5.74, 6) is 0. The molecule has 294 valence electrons. The van der Waals surface area contributed by atoms with Crippen LogP contribution in [0.25, 0.3) is 11.1 Å². The van der Waals surface area contributed by atoms with E-state index < -0.39 is 27.0 Å². The Morgan fingerprint density at radius 2 is 0.820 bits per heavy atom. The van der Waals surface area contributed by atoms with Gasteiger partial charge in [0.2, 0.25) is 0 Å². The zero-order valence-electron chi connectivity index (χ0n) is 34.8. The summed E-state index contributed by atoms with van der Waals surface area (Å²) in [6, 6.07) is 74.3. The van der Waals surface area contributed by atoms with Gasteiger partial charge in [0.15, 0.2) is 0 Å². The van der Waals surface area contributed by atoms with Gasteiger partial charge in [0, 0.05) is 21.1 Å². The minimum atomic E-state index is -2.10. The molecule has 2 spiro atoms. The maximum Gasteiger partial charge on any atom is 0.113 e. The fraction of sp³-hybridized carbons (Fsp3) is 0.107. The van der Waals surface area contributed by atoms with Crippen molar-refractivity contribution < 1.29 is 0 Å². The minimum absolute atomic E-state index is 0.503. The highest BCUT2D eigenvalue weighted by atomic mass is 32.1. The molecule has 0 N–H and O–H groups in total. The average molecular weight is 852 g/mol. The van der Waals surface area contributed by atoms with Crippen molar-refractivity contribution in [3.63, 3.8) is 0 Å². The maximum absolute atomic E-state index is 2.63. The molecule has 0 unspecified atom stereocenters. The molecular formula is C56H45NS2Si2. The number of benzene rings is 7. The number of hydrogen-bond donors (Lipinski definition) is 0. The van der Waals surface area contributed by atoms with Crippen molar-refractivity contribution in [3.05, 3.63) is 243 Å². The van der Waals surface area contributed by atoms with Gasteiger partial charge in [-0.15, -0.1) is 22.7 Å². The second-order valence-electron chi connectivity index (χ2n) is 18.0. The Morgan fingerprint density at radius 3 is 1.36 bits per heavy atom. The summed E-state index contributed by atoms with van der Waals surface area (Å²) in [7, 11) is -4.20. The Hall–Kier alpha value is -5.83. The van der Waals surface area contributed by atoms with Crippen LogP contribution in [0.15, 0.2) is 200 Å². The molecule has 0 amide bonds. The Kier molecular flexibility index (Phi) is 8.08. The molecule has 0 bridgehead atoms. The van der Waals surface area contributed by atoms with Crippen molar-refractivity contribution in [3.8, 4) is 11.1 Å². The Bertz CT molecular complexity index is 2930. The fourth-order valence-electron chi connectivity index (χ4n) is 11.7. The number of fused-ring (bicyclic) bond motifs is 14. The van der Waals surface area contributed by atoms with Crippen LogP contribution in [0.1, 0.15) is 43.1 Å². The molecule has 12 rings (SSSR count). The van der Waals surface area contributed by atoms with E-state index in [9.17, 15) is 0 Å². The molecule has 0 fully saturated rings. The summed E-state index contributed by atoms with van der Waals surface area (Å²) in [4.78, 5) is 5.42. The molecular weight excluding hydrogens is 807 g/mol. The predicted molar refractivity (Wildman–Crippen MR) is 266 cm³/mol. The Balaban J connectivity index is 1.26. The third-order valence-electron chi connectivity index (χ3n) is 14.3. The van der Waals surface area contributed by atoms with Gasteiger partial charge < -0.3 is 4.90 Å². The molecule has 0 saturated carbocycles. The molecule has 0 saturated heterocycles. The summed E-state index contributed by atoms with van der Waals surface area (Å²) in [5.41, 5.74) is 12.4. The van der Waals surface area contributed by atoms with Gasteiger partial charge in [0.05, 0.1) is 10.8 Å². The quantitative estimate of drug-likeness (QED) is 0.159. The molecule has 9 aromatic rings. The SMILES string of the molecule is C[Si]1(C)c2ccccc2C2(c3ccccc31)c1cc(N(c3ccccc3)c3cccc(-c4ccccc4)c3)sc1C1(c3ccccc3[Si](C)(C)c3ccccc31)c1ccsc12. The number of hydrogen-bond acceptors (Lipinski definition) is 3. The van der Waals surface area contributed by atoms with Gasteiger partial charge in [0.1, 0.15) is 21.1 Å². The van der Waals surface area contributed by atoms with Gasteiger partial charge in [-0.1, -0.05) is 184 Å². The summed E-state index contributed by atoms with van der Waals surface area (Å²) in [6.45, 7) is 10.3. The van der Waals surface area contributed by atoms with Crippen LogP contribution in [0, 0.1) is 0 Å². The van der Waals surface area contributed by atoms with Gasteiger partial charge in [0.25, 0.3) is 0 Å². The maximum atomic E-state index is 2.63. The predicted octanol–water partition coefficient (Wildman–Crippen LogP) is 12.3. The van der Waals surface area contributed by atoms with E-state index in [0.29, 0.717) is 0 Å². The summed E-state index contributed by atoms with van der Waals surface area (Å²) in [6.07, 6.45) is 0. The smallest absolute Gasteiger partial charge is 0.113 e. The van der Waals surface area contributed by atoms with E-state index in [1.165, 1.54) is 80.0 Å². The van der Waals surface area contributed by atoms with E-state index in [0.717, 1.165) is 11.4 Å². The molecule has 4 heterocycles. The number of thiophene rings is 2. The van der Waals surface area contributed by atoms with Crippen LogP contribution in [0.2, 0.25) is 26.2 Å². The molecule has 1 nitrogen and oxygen atoms in total. The van der Waals surface area contributed by atoms with Gasteiger partial charge >= 0.3 is 0 Å². The lowest BCUT2D eigenvalue weighted by Crippen LogP contribution is -2.66. The zero-order valence-corrected chi connectivity index (χ0v) is 38.4. The Labute approximate surface area is 369 Å². The van der Waals surface area contributed by atoms with Crippen molar-refractivity contribution >= 4 is 75.9 Å². The van der Waals surface area contributed by atoms with E-state index in [1.807, 2.05) is 22.7 Å². The monoisotopic (exact) mass is 851 g/mol. The van der Waals surface area contributed by atoms with Gasteiger partial charge in [-0.2, -0.15) is 0 Å². The van der Waals surface area contributed by atoms with Crippen molar-refractivity contribution in [1.82, 2.24) is 0 Å². The second kappa shape index (κ2) is 13.3. The first-order chi connectivity index (χ1) is 29.8. The third kappa shape index (κ3) is 4.86. The number of anilines is 3. The lowest BCUT2D eigenvalue weighted by molar-refractivity contribution is 0.646. The van der Waals surface area contributed by atoms with E-state index in [2.05, 4.69) is 231 Å². The van der Waals surface area contributed by atoms with Crippen molar-refractivity contribution in [1.29, 1.82) is 0 Å². The first kappa shape index (κ1) is 37.0. The topological polar surface area (TPSA) is 3.24 Å². The van der Waals surface area contributed by atoms with Crippen LogP contribution in [0.3, 0.4) is 0 Å². The molecule has 2 aliphatic heterocycles. The largest absolute Gasteiger partial charge is 0.302 e. The summed E-state index contributed by atoms with van der Waals surface area (Å²) < 4.78 is 0. The second-order valence-corrected chi connectivity index (χ2v) is 28.6. The zero-order chi connectivity index (χ0) is 41.1. The van der Waals surface area contributed by atoms with Crippen LogP contribution in [0.5, 0.6) is 0 Å². The summed E-state index contributed by atoms with van der Waals surface area (Å²) >= 11 is 3.97. The minimum Gasteiger partial charge on any atom is -0.302 e. The molecule has 0 atom stereocenters. The normalized spacial score (nSPS) is 16.4. The highest BCUT2D eigenvalue weighted by Crippen LogP contribution is 2.65. The lowest BCUT2D eigenvalue weighted by Gasteiger charge is -2.54. The standard InChI is InChI=1S/C56H45NS2Si2/c1-60(2)48-30-15-11-26-42(48)55(43-27-12-16-31-49(43)60)46-34-35-58-53(46)56(44-28-13-17-32-50(44)61(3,4)51-33-18-14-29-45(51)56)47-37-52(59-54(47)55)57(40-23-9-6-10-24-40)41-25-19-22-39(36-41)38-20-7-5-8-21-38/h5-37H,1-4H3. The van der Waals surface area contributed by atoms with Gasteiger partial charge in [-0.05, 0) is 107 Å². The fourth-order valence-corrected chi connectivity index (χ4v) is 20.8. The number of nitrogens with zero attached hydrogens (tertiary/aromatic N) is 1. The van der Waals surface area contributed by atoms with Crippen molar-refractivity contribution in [2.24, 2.45) is 0 Å². The molecule has 3 aliphatic rings. The first-order valence-corrected chi connectivity index (χ1v) is 29.1. The van der Waals surface area contributed by atoms with Crippen LogP contribution >= 0.6 is 22.7 Å². The van der Waals surface area contributed by atoms with E-state index >= 15 is 0 Å². The third-order valence-corrected chi connectivity index (χ3v) is 23.7. The Morgan fingerprint density at radius 1 is 0.377 bits per heavy atom. The lowest BCUT2D eigenvalue weighted by atomic mass is 9.55. The summed E-state index contributed by atoms with van der Waals surface area (Å²) in [5, 5.41) is 9.78. The highest BCUT2D eigenvalue weighted by Gasteiger charge is 2.62. The molecule has 61 heavy (non-hydrogen) atoms. The number of rotatable bonds is 4. The van der Waals surface area contributed by atoms with E-state index in [4.69, 9.17) is 0 Å². The first-order valence-electron chi connectivity index (χ1n) is 21.4. The van der Waals surface area contributed by atoms with Crippen molar-refractivity contribution in [2.45, 2.75) is 37.0 Å². The molecule has 1 aliphatic carbocycles. The molecule has 2 aromatic heterocycles. The average Bonchev–Trinajstić information content (AvgIpc) is 3.99. The van der Waals surface area contributed by atoms with E-state index in [-0.39, 0.29) is 0 Å². The molecule has 7 aromatic carbocycles.